The van der Waals surface area contributed by atoms with Crippen molar-refractivity contribution in [1.82, 2.24) is 10.1 Å². The van der Waals surface area contributed by atoms with Gasteiger partial charge in [0.25, 0.3) is 0 Å². The number of aromatic nitrogens is 2. The molecule has 2 rings (SSSR count). The fourth-order valence-electron chi connectivity index (χ4n) is 1.75. The zero-order valence-corrected chi connectivity index (χ0v) is 12.3. The Kier molecular flexibility index (Phi) is 4.31. The van der Waals surface area contributed by atoms with Crippen molar-refractivity contribution in [2.75, 3.05) is 5.32 Å². The molecular formula is C13H14BrN3O2. The average molecular weight is 324 g/mol. The van der Waals surface area contributed by atoms with Gasteiger partial charge in [0.1, 0.15) is 11.6 Å². The fourth-order valence-corrected chi connectivity index (χ4v) is 1.99. The highest BCUT2D eigenvalue weighted by atomic mass is 79.9. The normalized spacial score (nSPS) is 10.5. The van der Waals surface area contributed by atoms with E-state index in [0.29, 0.717) is 18.7 Å². The molecule has 5 nitrogen and oxygen atoms in total. The van der Waals surface area contributed by atoms with E-state index in [9.17, 15) is 4.79 Å². The molecule has 19 heavy (non-hydrogen) atoms. The van der Waals surface area contributed by atoms with Crippen LogP contribution in [0, 0.1) is 13.8 Å². The summed E-state index contributed by atoms with van der Waals surface area (Å²) < 4.78 is 5.94. The molecule has 1 amide bonds. The molecule has 0 atom stereocenters. The monoisotopic (exact) mass is 323 g/mol. The Morgan fingerprint density at radius 1 is 1.42 bits per heavy atom. The van der Waals surface area contributed by atoms with Crippen LogP contribution < -0.4 is 5.32 Å². The molecule has 2 aromatic heterocycles. The number of rotatable bonds is 4. The van der Waals surface area contributed by atoms with E-state index >= 15 is 0 Å². The Labute approximate surface area is 119 Å². The number of nitrogens with zero attached hydrogens (tertiary/aromatic N) is 2. The number of halogens is 1. The van der Waals surface area contributed by atoms with E-state index in [0.717, 1.165) is 21.5 Å². The Balaban J connectivity index is 1.90. The maximum atomic E-state index is 11.8. The van der Waals surface area contributed by atoms with Crippen molar-refractivity contribution >= 4 is 27.7 Å². The third-order valence-electron chi connectivity index (χ3n) is 2.78. The van der Waals surface area contributed by atoms with Crippen molar-refractivity contribution in [2.24, 2.45) is 0 Å². The number of amides is 1. The number of carbonyl (C=O) groups is 1. The van der Waals surface area contributed by atoms with Crippen LogP contribution in [0.4, 0.5) is 5.82 Å². The minimum Gasteiger partial charge on any atom is -0.361 e. The van der Waals surface area contributed by atoms with Gasteiger partial charge >= 0.3 is 0 Å². The quantitative estimate of drug-likeness (QED) is 0.939. The van der Waals surface area contributed by atoms with Gasteiger partial charge < -0.3 is 9.84 Å². The number of anilines is 1. The second-order valence-corrected chi connectivity index (χ2v) is 5.13. The first-order chi connectivity index (χ1) is 9.06. The van der Waals surface area contributed by atoms with Crippen molar-refractivity contribution in [1.29, 1.82) is 0 Å². The molecule has 0 aromatic carbocycles. The van der Waals surface area contributed by atoms with Crippen molar-refractivity contribution in [3.8, 4) is 0 Å². The lowest BCUT2D eigenvalue weighted by molar-refractivity contribution is -0.116. The predicted octanol–water partition coefficient (Wildman–Crippen LogP) is 3.02. The van der Waals surface area contributed by atoms with Crippen molar-refractivity contribution in [3.05, 3.63) is 39.8 Å². The van der Waals surface area contributed by atoms with E-state index in [-0.39, 0.29) is 5.91 Å². The lowest BCUT2D eigenvalue weighted by Gasteiger charge is -2.04. The Morgan fingerprint density at radius 2 is 2.21 bits per heavy atom. The van der Waals surface area contributed by atoms with Crippen LogP contribution in [-0.4, -0.2) is 16.0 Å². The van der Waals surface area contributed by atoms with E-state index in [4.69, 9.17) is 4.52 Å². The smallest absolute Gasteiger partial charge is 0.225 e. The van der Waals surface area contributed by atoms with Gasteiger partial charge in [0.15, 0.2) is 0 Å². The summed E-state index contributed by atoms with van der Waals surface area (Å²) in [7, 11) is 0. The summed E-state index contributed by atoms with van der Waals surface area (Å²) in [4.78, 5) is 15.9. The highest BCUT2D eigenvalue weighted by molar-refractivity contribution is 9.10. The number of aryl methyl sites for hydroxylation is 2. The Hall–Kier alpha value is -1.69. The number of hydrogen-bond donors (Lipinski definition) is 1. The molecule has 0 aliphatic carbocycles. The van der Waals surface area contributed by atoms with Crippen molar-refractivity contribution in [2.45, 2.75) is 26.7 Å². The summed E-state index contributed by atoms with van der Waals surface area (Å²) in [5.74, 6) is 1.24. The maximum Gasteiger partial charge on any atom is 0.225 e. The fraction of sp³-hybridized carbons (Fsp3) is 0.308. The summed E-state index contributed by atoms with van der Waals surface area (Å²) in [6.07, 6.45) is 2.63. The molecule has 0 bridgehead atoms. The highest BCUT2D eigenvalue weighted by Crippen LogP contribution is 2.15. The van der Waals surface area contributed by atoms with Crippen LogP contribution in [0.3, 0.4) is 0 Å². The van der Waals surface area contributed by atoms with E-state index in [1.165, 1.54) is 0 Å². The third kappa shape index (κ3) is 3.64. The Morgan fingerprint density at radius 3 is 2.79 bits per heavy atom. The number of hydrogen-bond acceptors (Lipinski definition) is 4. The molecule has 0 saturated heterocycles. The summed E-state index contributed by atoms with van der Waals surface area (Å²) in [6.45, 7) is 3.73. The molecule has 100 valence electrons. The van der Waals surface area contributed by atoms with Gasteiger partial charge in [-0.05, 0) is 48.3 Å². The van der Waals surface area contributed by atoms with Gasteiger partial charge in [-0.15, -0.1) is 0 Å². The maximum absolute atomic E-state index is 11.8. The molecule has 0 aliphatic rings. The van der Waals surface area contributed by atoms with Gasteiger partial charge in [-0.2, -0.15) is 0 Å². The lowest BCUT2D eigenvalue weighted by atomic mass is 10.1. The Bertz CT molecular complexity index is 559. The summed E-state index contributed by atoms with van der Waals surface area (Å²) in [5.41, 5.74) is 1.84. The van der Waals surface area contributed by atoms with Crippen LogP contribution in [0.15, 0.2) is 27.3 Å². The zero-order valence-electron chi connectivity index (χ0n) is 10.7. The largest absolute Gasteiger partial charge is 0.361 e. The van der Waals surface area contributed by atoms with Gasteiger partial charge in [0.2, 0.25) is 5.91 Å². The summed E-state index contributed by atoms with van der Waals surface area (Å²) in [5, 5.41) is 6.61. The van der Waals surface area contributed by atoms with Crippen LogP contribution in [-0.2, 0) is 11.2 Å². The van der Waals surface area contributed by atoms with Crippen molar-refractivity contribution in [3.63, 3.8) is 0 Å². The molecule has 0 unspecified atom stereocenters. The zero-order chi connectivity index (χ0) is 13.8. The van der Waals surface area contributed by atoms with Gasteiger partial charge in [-0.1, -0.05) is 5.16 Å². The summed E-state index contributed by atoms with van der Waals surface area (Å²) in [6, 6.07) is 3.58. The standard InChI is InChI=1S/C13H14BrN3O2/c1-8-11(9(2)19-17-8)4-6-13(18)16-12-5-3-10(14)7-15-12/h3,5,7H,4,6H2,1-2H3,(H,15,16,18). The molecule has 2 heterocycles. The van der Waals surface area contributed by atoms with E-state index in [1.807, 2.05) is 19.9 Å². The molecule has 1 N–H and O–H groups in total. The van der Waals surface area contributed by atoms with E-state index in [1.54, 1.807) is 12.3 Å². The topological polar surface area (TPSA) is 68.0 Å². The lowest BCUT2D eigenvalue weighted by Crippen LogP contribution is -2.13. The van der Waals surface area contributed by atoms with Gasteiger partial charge in [0, 0.05) is 22.7 Å². The minimum absolute atomic E-state index is 0.0742. The first-order valence-corrected chi connectivity index (χ1v) is 6.68. The average Bonchev–Trinajstić information content (AvgIpc) is 2.70. The van der Waals surface area contributed by atoms with Gasteiger partial charge in [-0.25, -0.2) is 4.98 Å². The molecule has 0 fully saturated rings. The van der Waals surface area contributed by atoms with Crippen LogP contribution in [0.2, 0.25) is 0 Å². The SMILES string of the molecule is Cc1noc(C)c1CCC(=O)Nc1ccc(Br)cn1. The van der Waals surface area contributed by atoms with E-state index < -0.39 is 0 Å². The van der Waals surface area contributed by atoms with Crippen LogP contribution in [0.25, 0.3) is 0 Å². The second-order valence-electron chi connectivity index (χ2n) is 4.21. The van der Waals surface area contributed by atoms with Crippen LogP contribution in [0.5, 0.6) is 0 Å². The number of nitrogens with one attached hydrogen (secondary N) is 1. The van der Waals surface area contributed by atoms with E-state index in [2.05, 4.69) is 31.4 Å². The molecule has 0 saturated carbocycles. The first kappa shape index (κ1) is 13.7. The molecule has 0 spiro atoms. The predicted molar refractivity (Wildman–Crippen MR) is 74.9 cm³/mol. The molecule has 0 aliphatic heterocycles. The molecule has 6 heteroatoms. The van der Waals surface area contributed by atoms with Crippen molar-refractivity contribution < 1.29 is 9.32 Å². The summed E-state index contributed by atoms with van der Waals surface area (Å²) >= 11 is 3.29. The minimum atomic E-state index is -0.0742. The van der Waals surface area contributed by atoms with Crippen LogP contribution in [0.1, 0.15) is 23.4 Å². The second kappa shape index (κ2) is 5.97. The first-order valence-electron chi connectivity index (χ1n) is 5.89. The number of pyridine rings is 1. The third-order valence-corrected chi connectivity index (χ3v) is 3.25. The molecule has 2 aromatic rings. The van der Waals surface area contributed by atoms with Gasteiger partial charge in [0.05, 0.1) is 5.69 Å². The van der Waals surface area contributed by atoms with Gasteiger partial charge in [-0.3, -0.25) is 4.79 Å². The molecule has 0 radical (unpaired) electrons. The molecular weight excluding hydrogens is 310 g/mol. The number of carbonyl (C=O) groups excluding carboxylic acids is 1. The van der Waals surface area contributed by atoms with Crippen LogP contribution >= 0.6 is 15.9 Å². The highest BCUT2D eigenvalue weighted by Gasteiger charge is 2.11.